The maximum atomic E-state index is 12.2. The van der Waals surface area contributed by atoms with Gasteiger partial charge in [0, 0.05) is 19.3 Å². The monoisotopic (exact) mass is 258 g/mol. The van der Waals surface area contributed by atoms with Crippen LogP contribution in [-0.4, -0.2) is 44.0 Å². The predicted octanol–water partition coefficient (Wildman–Crippen LogP) is -0.612. The van der Waals surface area contributed by atoms with Crippen LogP contribution in [-0.2, 0) is 14.8 Å². The van der Waals surface area contributed by atoms with Gasteiger partial charge < -0.3 is 10.2 Å². The molecule has 1 aromatic rings. The maximum absolute atomic E-state index is 12.2. The Bertz CT molecular complexity index is 468. The molecule has 8 heteroatoms. The van der Waals surface area contributed by atoms with Gasteiger partial charge in [-0.05, 0) is 12.1 Å². The third-order valence-electron chi connectivity index (χ3n) is 2.49. The summed E-state index contributed by atoms with van der Waals surface area (Å²) in [5, 5.41) is 0. The number of hydrazine groups is 1. The van der Waals surface area contributed by atoms with Crippen LogP contribution in [0.15, 0.2) is 23.2 Å². The SMILES string of the molecule is NNc1ccc(S(=O)(=O)N2CCOCC2)cn1. The Morgan fingerprint density at radius 3 is 2.59 bits per heavy atom. The van der Waals surface area contributed by atoms with Crippen molar-refractivity contribution in [3.8, 4) is 0 Å². The van der Waals surface area contributed by atoms with Crippen molar-refractivity contribution in [2.24, 2.45) is 5.84 Å². The molecule has 2 rings (SSSR count). The molecule has 1 saturated heterocycles. The lowest BCUT2D eigenvalue weighted by Gasteiger charge is -2.25. The molecule has 0 radical (unpaired) electrons. The second-order valence-electron chi connectivity index (χ2n) is 3.54. The van der Waals surface area contributed by atoms with Crippen LogP contribution in [0.1, 0.15) is 0 Å². The van der Waals surface area contributed by atoms with Crippen molar-refractivity contribution < 1.29 is 13.2 Å². The number of pyridine rings is 1. The number of nitrogens with one attached hydrogen (secondary N) is 1. The molecule has 0 spiro atoms. The number of nitrogens with two attached hydrogens (primary N) is 1. The molecule has 0 bridgehead atoms. The summed E-state index contributed by atoms with van der Waals surface area (Å²) in [6, 6.07) is 3.00. The first-order valence-corrected chi connectivity index (χ1v) is 6.59. The van der Waals surface area contributed by atoms with Crippen molar-refractivity contribution in [3.05, 3.63) is 18.3 Å². The minimum Gasteiger partial charge on any atom is -0.379 e. The van der Waals surface area contributed by atoms with Crippen molar-refractivity contribution in [3.63, 3.8) is 0 Å². The fourth-order valence-electron chi connectivity index (χ4n) is 1.55. The maximum Gasteiger partial charge on any atom is 0.244 e. The summed E-state index contributed by atoms with van der Waals surface area (Å²) >= 11 is 0. The van der Waals surface area contributed by atoms with Crippen LogP contribution in [0.25, 0.3) is 0 Å². The smallest absolute Gasteiger partial charge is 0.244 e. The number of aromatic nitrogens is 1. The van der Waals surface area contributed by atoms with E-state index in [0.717, 1.165) is 0 Å². The van der Waals surface area contributed by atoms with Gasteiger partial charge in [-0.1, -0.05) is 0 Å². The summed E-state index contributed by atoms with van der Waals surface area (Å²) in [5.74, 6) is 5.59. The minimum absolute atomic E-state index is 0.165. The highest BCUT2D eigenvalue weighted by Crippen LogP contribution is 2.16. The van der Waals surface area contributed by atoms with Gasteiger partial charge in [0.1, 0.15) is 10.7 Å². The molecule has 0 aliphatic carbocycles. The second-order valence-corrected chi connectivity index (χ2v) is 5.48. The Labute approximate surface area is 99.6 Å². The minimum atomic E-state index is -3.46. The van der Waals surface area contributed by atoms with Crippen LogP contribution in [0.3, 0.4) is 0 Å². The topological polar surface area (TPSA) is 97.5 Å². The molecular weight excluding hydrogens is 244 g/mol. The zero-order valence-electron chi connectivity index (χ0n) is 9.17. The van der Waals surface area contributed by atoms with Gasteiger partial charge in [-0.25, -0.2) is 19.2 Å². The molecule has 1 fully saturated rings. The van der Waals surface area contributed by atoms with Gasteiger partial charge in [0.25, 0.3) is 0 Å². The number of morpholine rings is 1. The van der Waals surface area contributed by atoms with Gasteiger partial charge >= 0.3 is 0 Å². The van der Waals surface area contributed by atoms with Crippen LogP contribution >= 0.6 is 0 Å². The van der Waals surface area contributed by atoms with Crippen molar-refractivity contribution in [1.29, 1.82) is 0 Å². The molecule has 1 aliphatic heterocycles. The van der Waals surface area contributed by atoms with Gasteiger partial charge in [0.2, 0.25) is 10.0 Å². The Hall–Kier alpha value is -1.22. The highest BCUT2D eigenvalue weighted by Gasteiger charge is 2.26. The molecule has 0 amide bonds. The summed E-state index contributed by atoms with van der Waals surface area (Å²) in [6.45, 7) is 1.60. The first-order valence-electron chi connectivity index (χ1n) is 5.15. The van der Waals surface area contributed by atoms with Gasteiger partial charge in [-0.15, -0.1) is 0 Å². The first-order chi connectivity index (χ1) is 8.14. The molecule has 1 aliphatic rings. The lowest BCUT2D eigenvalue weighted by molar-refractivity contribution is 0.0730. The van der Waals surface area contributed by atoms with Crippen molar-refractivity contribution >= 4 is 15.8 Å². The summed E-state index contributed by atoms with van der Waals surface area (Å²) in [7, 11) is -3.46. The van der Waals surface area contributed by atoms with Gasteiger partial charge in [-0.3, -0.25) is 0 Å². The number of nitrogens with zero attached hydrogens (tertiary/aromatic N) is 2. The van der Waals surface area contributed by atoms with Crippen LogP contribution in [0, 0.1) is 0 Å². The summed E-state index contributed by atoms with van der Waals surface area (Å²) < 4.78 is 30.8. The fourth-order valence-corrected chi connectivity index (χ4v) is 2.91. The average molecular weight is 258 g/mol. The molecule has 17 heavy (non-hydrogen) atoms. The molecule has 2 heterocycles. The van der Waals surface area contributed by atoms with E-state index in [4.69, 9.17) is 10.6 Å². The number of hydrogen-bond acceptors (Lipinski definition) is 6. The van der Waals surface area contributed by atoms with Gasteiger partial charge in [-0.2, -0.15) is 4.31 Å². The summed E-state index contributed by atoms with van der Waals surface area (Å²) in [6.07, 6.45) is 1.29. The average Bonchev–Trinajstić information content (AvgIpc) is 2.40. The van der Waals surface area contributed by atoms with E-state index in [2.05, 4.69) is 10.4 Å². The highest BCUT2D eigenvalue weighted by atomic mass is 32.2. The number of sulfonamides is 1. The van der Waals surface area contributed by atoms with E-state index in [1.807, 2.05) is 0 Å². The van der Waals surface area contributed by atoms with Crippen LogP contribution < -0.4 is 11.3 Å². The zero-order valence-corrected chi connectivity index (χ0v) is 9.98. The molecule has 7 nitrogen and oxygen atoms in total. The molecule has 0 saturated carbocycles. The number of nitrogen functional groups attached to an aromatic ring is 1. The van der Waals surface area contributed by atoms with E-state index in [9.17, 15) is 8.42 Å². The van der Waals surface area contributed by atoms with E-state index in [0.29, 0.717) is 32.1 Å². The molecule has 0 atom stereocenters. The number of rotatable bonds is 3. The number of anilines is 1. The molecule has 0 unspecified atom stereocenters. The Balaban J connectivity index is 2.23. The Kier molecular flexibility index (Phi) is 3.57. The standard InChI is InChI=1S/C9H14N4O3S/c10-12-9-2-1-8(7-11-9)17(14,15)13-3-5-16-6-4-13/h1-2,7H,3-6,10H2,(H,11,12). The van der Waals surface area contributed by atoms with E-state index < -0.39 is 10.0 Å². The molecule has 3 N–H and O–H groups in total. The number of ether oxygens (including phenoxy) is 1. The van der Waals surface area contributed by atoms with Crippen LogP contribution in [0.4, 0.5) is 5.82 Å². The third kappa shape index (κ3) is 2.55. The summed E-state index contributed by atoms with van der Waals surface area (Å²) in [4.78, 5) is 4.05. The normalized spacial score (nSPS) is 17.9. The van der Waals surface area contributed by atoms with Crippen molar-refractivity contribution in [2.75, 3.05) is 31.7 Å². The quantitative estimate of drug-likeness (QED) is 0.554. The van der Waals surface area contributed by atoms with E-state index in [1.165, 1.54) is 22.6 Å². The van der Waals surface area contributed by atoms with Crippen molar-refractivity contribution in [2.45, 2.75) is 4.90 Å². The highest BCUT2D eigenvalue weighted by molar-refractivity contribution is 7.89. The third-order valence-corrected chi connectivity index (χ3v) is 4.37. The zero-order chi connectivity index (χ0) is 12.3. The van der Waals surface area contributed by atoms with E-state index >= 15 is 0 Å². The van der Waals surface area contributed by atoms with Gasteiger partial charge in [0.15, 0.2) is 0 Å². The first kappa shape index (κ1) is 12.2. The van der Waals surface area contributed by atoms with E-state index in [1.54, 1.807) is 0 Å². The Morgan fingerprint density at radius 2 is 2.06 bits per heavy atom. The fraction of sp³-hybridized carbons (Fsp3) is 0.444. The van der Waals surface area contributed by atoms with Crippen molar-refractivity contribution in [1.82, 2.24) is 9.29 Å². The summed E-state index contributed by atoms with van der Waals surface area (Å²) in [5.41, 5.74) is 2.35. The van der Waals surface area contributed by atoms with Crippen LogP contribution in [0.2, 0.25) is 0 Å². The van der Waals surface area contributed by atoms with Gasteiger partial charge in [0.05, 0.1) is 13.2 Å². The largest absolute Gasteiger partial charge is 0.379 e. The Morgan fingerprint density at radius 1 is 1.35 bits per heavy atom. The second kappa shape index (κ2) is 4.96. The molecule has 1 aromatic heterocycles. The van der Waals surface area contributed by atoms with Crippen LogP contribution in [0.5, 0.6) is 0 Å². The molecule has 94 valence electrons. The molecule has 0 aromatic carbocycles. The predicted molar refractivity (Wildman–Crippen MR) is 61.6 cm³/mol. The number of hydrogen-bond donors (Lipinski definition) is 2. The van der Waals surface area contributed by atoms with E-state index in [-0.39, 0.29) is 4.90 Å². The lowest BCUT2D eigenvalue weighted by Crippen LogP contribution is -2.40. The molecular formula is C9H14N4O3S. The lowest BCUT2D eigenvalue weighted by atomic mass is 10.5.